The molecule has 6 heteroatoms. The predicted octanol–water partition coefficient (Wildman–Crippen LogP) is 2.36. The summed E-state index contributed by atoms with van der Waals surface area (Å²) in [4.78, 5) is 10.5. The molecule has 5 nitrogen and oxygen atoms in total. The molecule has 2 aromatic rings. The second kappa shape index (κ2) is 5.88. The first-order chi connectivity index (χ1) is 9.08. The molecule has 1 aromatic heterocycles. The zero-order valence-electron chi connectivity index (χ0n) is 10.8. The van der Waals surface area contributed by atoms with Gasteiger partial charge in [-0.1, -0.05) is 41.6 Å². The van der Waals surface area contributed by atoms with E-state index < -0.39 is 5.97 Å². The highest BCUT2D eigenvalue weighted by molar-refractivity contribution is 7.99. The maximum absolute atomic E-state index is 10.5. The molecule has 0 atom stereocenters. The third kappa shape index (κ3) is 3.35. The Morgan fingerprint density at radius 3 is 2.63 bits per heavy atom. The molecule has 0 radical (unpaired) electrons. The number of carboxylic acids is 1. The number of hydrogen-bond acceptors (Lipinski definition) is 4. The van der Waals surface area contributed by atoms with Gasteiger partial charge in [0, 0.05) is 18.4 Å². The minimum absolute atomic E-state index is 0.122. The van der Waals surface area contributed by atoms with Gasteiger partial charge in [0.25, 0.3) is 0 Å². The van der Waals surface area contributed by atoms with Gasteiger partial charge in [0.15, 0.2) is 11.0 Å². The van der Waals surface area contributed by atoms with Crippen LogP contribution in [-0.2, 0) is 11.8 Å². The van der Waals surface area contributed by atoms with E-state index >= 15 is 0 Å². The monoisotopic (exact) mass is 277 g/mol. The zero-order chi connectivity index (χ0) is 13.8. The van der Waals surface area contributed by atoms with Crippen LogP contribution in [0, 0.1) is 6.92 Å². The van der Waals surface area contributed by atoms with Gasteiger partial charge in [0.2, 0.25) is 0 Å². The van der Waals surface area contributed by atoms with Crippen LogP contribution in [0.15, 0.2) is 29.4 Å². The van der Waals surface area contributed by atoms with Crippen molar-refractivity contribution >= 4 is 17.7 Å². The van der Waals surface area contributed by atoms with Crippen LogP contribution in [0.1, 0.15) is 12.0 Å². The van der Waals surface area contributed by atoms with Crippen LogP contribution in [0.25, 0.3) is 11.4 Å². The van der Waals surface area contributed by atoms with Crippen LogP contribution >= 0.6 is 11.8 Å². The first-order valence-corrected chi connectivity index (χ1v) is 6.87. The van der Waals surface area contributed by atoms with Crippen LogP contribution in [0.4, 0.5) is 0 Å². The number of carbonyl (C=O) groups is 1. The molecule has 2 rings (SSSR count). The summed E-state index contributed by atoms with van der Waals surface area (Å²) >= 11 is 1.40. The lowest BCUT2D eigenvalue weighted by molar-refractivity contribution is -0.136. The summed E-state index contributed by atoms with van der Waals surface area (Å²) in [6.07, 6.45) is 0.122. The van der Waals surface area contributed by atoms with Crippen molar-refractivity contribution in [3.8, 4) is 11.4 Å². The molecule has 1 aromatic carbocycles. The van der Waals surface area contributed by atoms with Crippen LogP contribution in [0.2, 0.25) is 0 Å². The summed E-state index contributed by atoms with van der Waals surface area (Å²) in [5.41, 5.74) is 2.20. The highest BCUT2D eigenvalue weighted by Crippen LogP contribution is 2.23. The first-order valence-electron chi connectivity index (χ1n) is 5.89. The van der Waals surface area contributed by atoms with Gasteiger partial charge >= 0.3 is 5.97 Å². The van der Waals surface area contributed by atoms with E-state index in [9.17, 15) is 4.79 Å². The Balaban J connectivity index is 2.13. The number of aryl methyl sites for hydroxylation is 1. The summed E-state index contributed by atoms with van der Waals surface area (Å²) in [6.45, 7) is 2.04. The van der Waals surface area contributed by atoms with E-state index in [1.807, 2.05) is 42.8 Å². The molecule has 0 spiro atoms. The van der Waals surface area contributed by atoms with Crippen molar-refractivity contribution in [3.63, 3.8) is 0 Å². The van der Waals surface area contributed by atoms with Gasteiger partial charge in [-0.05, 0) is 6.92 Å². The Kier molecular flexibility index (Phi) is 4.21. The van der Waals surface area contributed by atoms with E-state index in [0.717, 1.165) is 16.5 Å². The Bertz CT molecular complexity index is 578. The maximum atomic E-state index is 10.5. The van der Waals surface area contributed by atoms with Crippen molar-refractivity contribution < 1.29 is 9.90 Å². The summed E-state index contributed by atoms with van der Waals surface area (Å²) in [5, 5.41) is 17.6. The fourth-order valence-electron chi connectivity index (χ4n) is 1.62. The molecular formula is C13H15N3O2S. The molecule has 0 amide bonds. The van der Waals surface area contributed by atoms with Crippen LogP contribution in [0.5, 0.6) is 0 Å². The molecule has 1 heterocycles. The molecule has 1 N–H and O–H groups in total. The fourth-order valence-corrected chi connectivity index (χ4v) is 2.46. The Labute approximate surface area is 115 Å². The number of aromatic nitrogens is 3. The molecule has 0 fully saturated rings. The Hall–Kier alpha value is -1.82. The molecule has 0 aliphatic carbocycles. The van der Waals surface area contributed by atoms with Crippen LogP contribution < -0.4 is 0 Å². The van der Waals surface area contributed by atoms with E-state index in [4.69, 9.17) is 5.11 Å². The van der Waals surface area contributed by atoms with Crippen molar-refractivity contribution in [2.75, 3.05) is 5.75 Å². The second-order valence-electron chi connectivity index (χ2n) is 4.22. The first kappa shape index (κ1) is 13.6. The highest BCUT2D eigenvalue weighted by Gasteiger charge is 2.11. The minimum atomic E-state index is -0.798. The Morgan fingerprint density at radius 2 is 2.00 bits per heavy atom. The van der Waals surface area contributed by atoms with Gasteiger partial charge in [-0.3, -0.25) is 4.79 Å². The number of rotatable bonds is 5. The van der Waals surface area contributed by atoms with Gasteiger partial charge in [0.05, 0.1) is 6.42 Å². The molecule has 19 heavy (non-hydrogen) atoms. The normalized spacial score (nSPS) is 10.6. The Morgan fingerprint density at radius 1 is 1.32 bits per heavy atom. The van der Waals surface area contributed by atoms with E-state index in [2.05, 4.69) is 10.2 Å². The van der Waals surface area contributed by atoms with Crippen LogP contribution in [0.3, 0.4) is 0 Å². The smallest absolute Gasteiger partial charge is 0.304 e. The highest BCUT2D eigenvalue weighted by atomic mass is 32.2. The van der Waals surface area contributed by atoms with E-state index in [0.29, 0.717) is 5.75 Å². The van der Waals surface area contributed by atoms with Gasteiger partial charge < -0.3 is 9.67 Å². The minimum Gasteiger partial charge on any atom is -0.481 e. The third-order valence-corrected chi connectivity index (χ3v) is 3.71. The molecule has 0 aliphatic rings. The van der Waals surface area contributed by atoms with Crippen LogP contribution in [-0.4, -0.2) is 31.6 Å². The second-order valence-corrected chi connectivity index (χ2v) is 5.29. The van der Waals surface area contributed by atoms with E-state index in [-0.39, 0.29) is 6.42 Å². The van der Waals surface area contributed by atoms with E-state index in [1.165, 1.54) is 17.3 Å². The number of hydrogen-bond donors (Lipinski definition) is 1. The number of thioether (sulfide) groups is 1. The van der Waals surface area contributed by atoms with Crippen molar-refractivity contribution in [1.29, 1.82) is 0 Å². The number of aliphatic carboxylic acids is 1. The van der Waals surface area contributed by atoms with Gasteiger partial charge in [0.1, 0.15) is 0 Å². The average Bonchev–Trinajstić information content (AvgIpc) is 2.72. The molecule has 100 valence electrons. The lowest BCUT2D eigenvalue weighted by Crippen LogP contribution is -1.98. The standard InChI is InChI=1S/C13H15N3O2S/c1-9-3-5-10(6-4-9)12-14-15-13(16(12)2)19-8-7-11(17)18/h3-6H,7-8H2,1-2H3,(H,17,18). The predicted molar refractivity (Wildman–Crippen MR) is 74.2 cm³/mol. The number of nitrogens with zero attached hydrogens (tertiary/aromatic N) is 3. The van der Waals surface area contributed by atoms with Gasteiger partial charge in [-0.25, -0.2) is 0 Å². The lowest BCUT2D eigenvalue weighted by Gasteiger charge is -2.03. The molecule has 0 saturated carbocycles. The average molecular weight is 277 g/mol. The topological polar surface area (TPSA) is 68.0 Å². The number of benzene rings is 1. The molecule has 0 saturated heterocycles. The molecular weight excluding hydrogens is 262 g/mol. The van der Waals surface area contributed by atoms with Crippen molar-refractivity contribution in [1.82, 2.24) is 14.8 Å². The summed E-state index contributed by atoms with van der Waals surface area (Å²) < 4.78 is 1.89. The summed E-state index contributed by atoms with van der Waals surface area (Å²) in [5.74, 6) is 0.487. The maximum Gasteiger partial charge on any atom is 0.304 e. The summed E-state index contributed by atoms with van der Waals surface area (Å²) in [7, 11) is 1.89. The quantitative estimate of drug-likeness (QED) is 0.850. The van der Waals surface area contributed by atoms with Gasteiger partial charge in [-0.15, -0.1) is 10.2 Å². The van der Waals surface area contributed by atoms with Crippen molar-refractivity contribution in [3.05, 3.63) is 29.8 Å². The fraction of sp³-hybridized carbons (Fsp3) is 0.308. The van der Waals surface area contributed by atoms with Crippen molar-refractivity contribution in [2.24, 2.45) is 7.05 Å². The largest absolute Gasteiger partial charge is 0.481 e. The summed E-state index contributed by atoms with van der Waals surface area (Å²) in [6, 6.07) is 8.07. The molecule has 0 bridgehead atoms. The van der Waals surface area contributed by atoms with Crippen molar-refractivity contribution in [2.45, 2.75) is 18.5 Å². The SMILES string of the molecule is Cc1ccc(-c2nnc(SCCC(=O)O)n2C)cc1. The molecule has 0 aliphatic heterocycles. The molecule has 0 unspecified atom stereocenters. The zero-order valence-corrected chi connectivity index (χ0v) is 11.6. The third-order valence-electron chi connectivity index (χ3n) is 2.69. The lowest BCUT2D eigenvalue weighted by atomic mass is 10.1. The number of carboxylic acid groups (broad SMARTS) is 1. The van der Waals surface area contributed by atoms with Gasteiger partial charge in [-0.2, -0.15) is 0 Å². The van der Waals surface area contributed by atoms with E-state index in [1.54, 1.807) is 0 Å².